The lowest BCUT2D eigenvalue weighted by molar-refractivity contribution is -0.122. The molecule has 0 spiro atoms. The molecule has 5 rings (SSSR count). The minimum Gasteiger partial charge on any atom is -0.355 e. The van der Waals surface area contributed by atoms with E-state index >= 15 is 0 Å². The molecule has 6 nitrogen and oxygen atoms in total. The van der Waals surface area contributed by atoms with Gasteiger partial charge >= 0.3 is 0 Å². The molecule has 2 heterocycles. The van der Waals surface area contributed by atoms with E-state index in [2.05, 4.69) is 31.3 Å². The number of nitrogens with zero attached hydrogens (tertiary/aromatic N) is 3. The second-order valence-electron chi connectivity index (χ2n) is 10.3. The molecular formula is C33H35FN4O2S. The number of amides is 2. The first-order chi connectivity index (χ1) is 20.0. The predicted octanol–water partition coefficient (Wildman–Crippen LogP) is 6.85. The average Bonchev–Trinajstić information content (AvgIpc) is 3.31. The Bertz CT molecular complexity index is 1500. The van der Waals surface area contributed by atoms with Gasteiger partial charge in [0, 0.05) is 17.7 Å². The van der Waals surface area contributed by atoms with Crippen LogP contribution in [-0.4, -0.2) is 40.4 Å². The number of aromatic nitrogens is 2. The van der Waals surface area contributed by atoms with E-state index in [1.54, 1.807) is 33.5 Å². The Kier molecular flexibility index (Phi) is 9.19. The molecule has 0 saturated heterocycles. The normalized spacial score (nSPS) is 15.0. The SMILES string of the molecule is CCCCCCNC(=O)CN1C(=O)CSC(c2ccccc2C)c2c(-c3ccccc3)nn(-c3ccc(F)cc3)c21. The molecule has 2 amide bonds. The molecule has 1 aliphatic rings. The van der Waals surface area contributed by atoms with Gasteiger partial charge in [-0.1, -0.05) is 80.8 Å². The van der Waals surface area contributed by atoms with Gasteiger partial charge in [-0.05, 0) is 48.7 Å². The highest BCUT2D eigenvalue weighted by Gasteiger charge is 2.38. The van der Waals surface area contributed by atoms with Gasteiger partial charge in [0.2, 0.25) is 11.8 Å². The van der Waals surface area contributed by atoms with Crippen molar-refractivity contribution in [2.45, 2.75) is 44.8 Å². The maximum absolute atomic E-state index is 14.0. The third-order valence-electron chi connectivity index (χ3n) is 7.33. The van der Waals surface area contributed by atoms with Crippen LogP contribution in [0.15, 0.2) is 78.9 Å². The largest absolute Gasteiger partial charge is 0.355 e. The zero-order chi connectivity index (χ0) is 28.8. The Balaban J connectivity index is 1.67. The van der Waals surface area contributed by atoms with Crippen LogP contribution in [0.5, 0.6) is 0 Å². The number of thioether (sulfide) groups is 1. The van der Waals surface area contributed by atoms with Gasteiger partial charge in [0.05, 0.1) is 22.4 Å². The lowest BCUT2D eigenvalue weighted by Gasteiger charge is -2.23. The Labute approximate surface area is 245 Å². The lowest BCUT2D eigenvalue weighted by Crippen LogP contribution is -2.42. The van der Waals surface area contributed by atoms with Gasteiger partial charge < -0.3 is 5.32 Å². The Morgan fingerprint density at radius 2 is 1.73 bits per heavy atom. The molecule has 1 atom stereocenters. The first-order valence-corrected chi connectivity index (χ1v) is 15.2. The molecule has 8 heteroatoms. The first kappa shape index (κ1) is 28.6. The van der Waals surface area contributed by atoms with Crippen LogP contribution in [0.2, 0.25) is 0 Å². The molecule has 4 aromatic rings. The van der Waals surface area contributed by atoms with Crippen LogP contribution in [0.3, 0.4) is 0 Å². The fraction of sp³-hybridized carbons (Fsp3) is 0.303. The monoisotopic (exact) mass is 570 g/mol. The predicted molar refractivity (Wildman–Crippen MR) is 164 cm³/mol. The van der Waals surface area contributed by atoms with E-state index in [-0.39, 0.29) is 35.2 Å². The van der Waals surface area contributed by atoms with Crippen molar-refractivity contribution < 1.29 is 14.0 Å². The van der Waals surface area contributed by atoms with Crippen LogP contribution in [0.1, 0.15) is 54.5 Å². The number of aryl methyl sites for hydroxylation is 1. The van der Waals surface area contributed by atoms with Gasteiger partial charge in [0.25, 0.3) is 0 Å². The van der Waals surface area contributed by atoms with E-state index in [4.69, 9.17) is 5.10 Å². The van der Waals surface area contributed by atoms with E-state index in [1.807, 2.05) is 42.5 Å². The molecule has 212 valence electrons. The third-order valence-corrected chi connectivity index (χ3v) is 8.57. The highest BCUT2D eigenvalue weighted by Crippen LogP contribution is 2.49. The average molecular weight is 571 g/mol. The van der Waals surface area contributed by atoms with Gasteiger partial charge in [0.15, 0.2) is 0 Å². The minimum absolute atomic E-state index is 0.123. The number of anilines is 1. The first-order valence-electron chi connectivity index (χ1n) is 14.2. The number of benzene rings is 3. The molecule has 0 saturated carbocycles. The van der Waals surface area contributed by atoms with Crippen LogP contribution >= 0.6 is 11.8 Å². The van der Waals surface area contributed by atoms with Crippen molar-refractivity contribution >= 4 is 29.4 Å². The number of hydrogen-bond donors (Lipinski definition) is 1. The molecule has 41 heavy (non-hydrogen) atoms. The number of carbonyl (C=O) groups is 2. The standard InChI is InChI=1S/C33H35FN4O2S/c1-3-4-5-11-20-35-28(39)21-37-29(40)22-41-32(27-15-10-9-12-23(27)2)30-31(24-13-7-6-8-14-24)36-38(33(30)37)26-18-16-25(34)17-19-26/h6-10,12-19,32H,3-5,11,20-22H2,1-2H3,(H,35,39). The summed E-state index contributed by atoms with van der Waals surface area (Å²) in [4.78, 5) is 28.6. The summed E-state index contributed by atoms with van der Waals surface area (Å²) < 4.78 is 15.7. The van der Waals surface area contributed by atoms with Crippen LogP contribution in [0.4, 0.5) is 10.2 Å². The number of carbonyl (C=O) groups excluding carboxylic acids is 2. The number of unbranched alkanes of at least 4 members (excludes halogenated alkanes) is 3. The molecule has 1 aromatic heterocycles. The molecule has 1 N–H and O–H groups in total. The summed E-state index contributed by atoms with van der Waals surface area (Å²) in [5.41, 5.74) is 5.29. The van der Waals surface area contributed by atoms with Gasteiger partial charge in [-0.2, -0.15) is 5.10 Å². The Morgan fingerprint density at radius 1 is 1.00 bits per heavy atom. The van der Waals surface area contributed by atoms with Crippen molar-refractivity contribution in [2.24, 2.45) is 0 Å². The van der Waals surface area contributed by atoms with Crippen molar-refractivity contribution in [1.82, 2.24) is 15.1 Å². The number of halogens is 1. The smallest absolute Gasteiger partial charge is 0.240 e. The summed E-state index contributed by atoms with van der Waals surface area (Å²) in [6.07, 6.45) is 4.20. The third kappa shape index (κ3) is 6.38. The number of fused-ring (bicyclic) bond motifs is 1. The summed E-state index contributed by atoms with van der Waals surface area (Å²) in [5.74, 6) is -0.00166. The van der Waals surface area contributed by atoms with E-state index in [1.165, 1.54) is 12.1 Å². The number of nitrogens with one attached hydrogen (secondary N) is 1. The summed E-state index contributed by atoms with van der Waals surface area (Å²) in [6, 6.07) is 24.1. The van der Waals surface area contributed by atoms with Crippen LogP contribution in [0, 0.1) is 12.7 Å². The zero-order valence-corrected chi connectivity index (χ0v) is 24.3. The quantitative estimate of drug-likeness (QED) is 0.212. The molecule has 1 aliphatic heterocycles. The summed E-state index contributed by atoms with van der Waals surface area (Å²) in [7, 11) is 0. The molecule has 0 radical (unpaired) electrons. The van der Waals surface area contributed by atoms with Gasteiger partial charge in [0.1, 0.15) is 18.2 Å². The summed E-state index contributed by atoms with van der Waals surface area (Å²) in [6.45, 7) is 4.67. The fourth-order valence-electron chi connectivity index (χ4n) is 5.20. The maximum atomic E-state index is 14.0. The topological polar surface area (TPSA) is 67.2 Å². The van der Waals surface area contributed by atoms with Crippen molar-refractivity contribution in [2.75, 3.05) is 23.7 Å². The second kappa shape index (κ2) is 13.2. The summed E-state index contributed by atoms with van der Waals surface area (Å²) in [5, 5.41) is 7.84. The van der Waals surface area contributed by atoms with Crippen LogP contribution in [0.25, 0.3) is 16.9 Å². The van der Waals surface area contributed by atoms with Crippen molar-refractivity contribution in [3.8, 4) is 16.9 Å². The molecule has 0 bridgehead atoms. The minimum atomic E-state index is -0.362. The van der Waals surface area contributed by atoms with Crippen molar-refractivity contribution in [3.63, 3.8) is 0 Å². The molecule has 3 aromatic carbocycles. The van der Waals surface area contributed by atoms with Crippen LogP contribution < -0.4 is 10.2 Å². The fourth-order valence-corrected chi connectivity index (χ4v) is 6.49. The van der Waals surface area contributed by atoms with Crippen LogP contribution in [-0.2, 0) is 9.59 Å². The van der Waals surface area contributed by atoms with Gasteiger partial charge in [-0.25, -0.2) is 9.07 Å². The van der Waals surface area contributed by atoms with E-state index in [9.17, 15) is 14.0 Å². The Hall–Kier alpha value is -3.91. The highest BCUT2D eigenvalue weighted by molar-refractivity contribution is 8.00. The molecule has 0 aliphatic carbocycles. The highest BCUT2D eigenvalue weighted by atomic mass is 32.2. The zero-order valence-electron chi connectivity index (χ0n) is 23.5. The molecule has 0 fully saturated rings. The van der Waals surface area contributed by atoms with Crippen molar-refractivity contribution in [1.29, 1.82) is 0 Å². The Morgan fingerprint density at radius 3 is 2.46 bits per heavy atom. The molecule has 1 unspecified atom stereocenters. The second-order valence-corrected chi connectivity index (χ2v) is 11.4. The maximum Gasteiger partial charge on any atom is 0.240 e. The van der Waals surface area contributed by atoms with Gasteiger partial charge in [-0.15, -0.1) is 11.8 Å². The number of rotatable bonds is 10. The van der Waals surface area contributed by atoms with Crippen molar-refractivity contribution in [3.05, 3.63) is 101 Å². The lowest BCUT2D eigenvalue weighted by atomic mass is 9.97. The van der Waals surface area contributed by atoms with E-state index < -0.39 is 0 Å². The molecular weight excluding hydrogens is 535 g/mol. The van der Waals surface area contributed by atoms with E-state index in [0.717, 1.165) is 53.6 Å². The number of hydrogen-bond acceptors (Lipinski definition) is 4. The van der Waals surface area contributed by atoms with Gasteiger partial charge in [-0.3, -0.25) is 14.5 Å². The summed E-state index contributed by atoms with van der Waals surface area (Å²) >= 11 is 1.54. The van der Waals surface area contributed by atoms with E-state index in [0.29, 0.717) is 18.1 Å².